The van der Waals surface area contributed by atoms with Gasteiger partial charge in [-0.3, -0.25) is 4.79 Å². The zero-order valence-electron chi connectivity index (χ0n) is 11.4. The largest absolute Gasteiger partial charge is 0.349 e. The highest BCUT2D eigenvalue weighted by Gasteiger charge is 2.15. The van der Waals surface area contributed by atoms with Crippen molar-refractivity contribution >= 4 is 28.4 Å². The number of carbonyl (C=O) groups excluding carboxylic acids is 1. The highest BCUT2D eigenvalue weighted by Crippen LogP contribution is 2.26. The first kappa shape index (κ1) is 13.6. The van der Waals surface area contributed by atoms with E-state index in [0.717, 1.165) is 16.6 Å². The molecule has 0 spiro atoms. The average Bonchev–Trinajstić information content (AvgIpc) is 2.83. The molecule has 1 aromatic carbocycles. The molecule has 0 aliphatic carbocycles. The van der Waals surface area contributed by atoms with Crippen molar-refractivity contribution in [2.24, 2.45) is 0 Å². The number of benzene rings is 1. The van der Waals surface area contributed by atoms with Crippen LogP contribution in [0, 0.1) is 6.92 Å². The monoisotopic (exact) mass is 300 g/mol. The van der Waals surface area contributed by atoms with Crippen LogP contribution in [0.15, 0.2) is 36.5 Å². The molecule has 0 bridgehead atoms. The standard InChI is InChI=1S/C15H13ClN4O/c1-9-17-7-6-10(19-9)8-18-15(21)14-13(16)11-4-2-3-5-12(11)20-14/h2-7,20H,8H2,1H3,(H,18,21). The lowest BCUT2D eigenvalue weighted by Gasteiger charge is -2.04. The summed E-state index contributed by atoms with van der Waals surface area (Å²) in [5.41, 5.74) is 1.96. The van der Waals surface area contributed by atoms with Gasteiger partial charge < -0.3 is 10.3 Å². The molecule has 6 heteroatoms. The van der Waals surface area contributed by atoms with Crippen LogP contribution in [0.4, 0.5) is 0 Å². The number of aromatic nitrogens is 3. The Labute approximate surface area is 126 Å². The van der Waals surface area contributed by atoms with Gasteiger partial charge in [-0.15, -0.1) is 0 Å². The fraction of sp³-hybridized carbons (Fsp3) is 0.133. The molecule has 3 aromatic rings. The van der Waals surface area contributed by atoms with Crippen LogP contribution in [0.2, 0.25) is 5.02 Å². The molecule has 0 aliphatic heterocycles. The van der Waals surface area contributed by atoms with E-state index in [1.807, 2.05) is 24.3 Å². The van der Waals surface area contributed by atoms with E-state index in [-0.39, 0.29) is 5.91 Å². The number of hydrogen-bond acceptors (Lipinski definition) is 3. The normalized spacial score (nSPS) is 10.8. The molecular formula is C15H13ClN4O. The van der Waals surface area contributed by atoms with Crippen molar-refractivity contribution in [2.45, 2.75) is 13.5 Å². The number of carbonyl (C=O) groups is 1. The van der Waals surface area contributed by atoms with Gasteiger partial charge in [0.15, 0.2) is 0 Å². The second-order valence-corrected chi connectivity index (χ2v) is 5.02. The van der Waals surface area contributed by atoms with Crippen LogP contribution >= 0.6 is 11.6 Å². The van der Waals surface area contributed by atoms with Crippen molar-refractivity contribution < 1.29 is 4.79 Å². The Hall–Kier alpha value is -2.40. The van der Waals surface area contributed by atoms with Gasteiger partial charge in [-0.2, -0.15) is 0 Å². The summed E-state index contributed by atoms with van der Waals surface area (Å²) in [6.45, 7) is 2.13. The molecule has 0 radical (unpaired) electrons. The number of H-pyrrole nitrogens is 1. The third-order valence-corrected chi connectivity index (χ3v) is 3.53. The van der Waals surface area contributed by atoms with Crippen LogP contribution in [-0.2, 0) is 6.54 Å². The second-order valence-electron chi connectivity index (χ2n) is 4.64. The van der Waals surface area contributed by atoms with Crippen molar-refractivity contribution in [3.05, 3.63) is 58.8 Å². The Kier molecular flexibility index (Phi) is 3.58. The SMILES string of the molecule is Cc1nccc(CNC(=O)c2[nH]c3ccccc3c2Cl)n1. The summed E-state index contributed by atoms with van der Waals surface area (Å²) >= 11 is 6.24. The Morgan fingerprint density at radius 3 is 2.90 bits per heavy atom. The maximum atomic E-state index is 12.2. The number of nitrogens with one attached hydrogen (secondary N) is 2. The smallest absolute Gasteiger partial charge is 0.269 e. The quantitative estimate of drug-likeness (QED) is 0.781. The number of halogens is 1. The predicted octanol–water partition coefficient (Wildman–Crippen LogP) is 2.85. The Morgan fingerprint density at radius 1 is 1.33 bits per heavy atom. The van der Waals surface area contributed by atoms with Crippen LogP contribution in [0.5, 0.6) is 0 Å². The van der Waals surface area contributed by atoms with Crippen LogP contribution in [0.1, 0.15) is 22.0 Å². The number of hydrogen-bond donors (Lipinski definition) is 2. The number of aromatic amines is 1. The number of fused-ring (bicyclic) bond motifs is 1. The molecule has 2 aromatic heterocycles. The fourth-order valence-electron chi connectivity index (χ4n) is 2.13. The van der Waals surface area contributed by atoms with Gasteiger partial charge >= 0.3 is 0 Å². The van der Waals surface area contributed by atoms with Gasteiger partial charge in [0.05, 0.1) is 17.3 Å². The van der Waals surface area contributed by atoms with E-state index in [0.29, 0.717) is 23.1 Å². The predicted molar refractivity (Wildman–Crippen MR) is 81.2 cm³/mol. The number of nitrogens with zero attached hydrogens (tertiary/aromatic N) is 2. The Bertz CT molecular complexity index is 812. The lowest BCUT2D eigenvalue weighted by molar-refractivity contribution is 0.0946. The summed E-state index contributed by atoms with van der Waals surface area (Å²) in [7, 11) is 0. The van der Waals surface area contributed by atoms with E-state index in [1.54, 1.807) is 19.2 Å². The molecule has 5 nitrogen and oxygen atoms in total. The third-order valence-electron chi connectivity index (χ3n) is 3.13. The summed E-state index contributed by atoms with van der Waals surface area (Å²) in [6.07, 6.45) is 1.67. The van der Waals surface area contributed by atoms with Crippen molar-refractivity contribution in [1.29, 1.82) is 0 Å². The lowest BCUT2D eigenvalue weighted by Crippen LogP contribution is -2.24. The van der Waals surface area contributed by atoms with E-state index < -0.39 is 0 Å². The zero-order chi connectivity index (χ0) is 14.8. The summed E-state index contributed by atoms with van der Waals surface area (Å²) in [5.74, 6) is 0.415. The van der Waals surface area contributed by atoms with Gasteiger partial charge in [0, 0.05) is 17.1 Å². The molecule has 0 saturated heterocycles. The average molecular weight is 301 g/mol. The topological polar surface area (TPSA) is 70.7 Å². The molecule has 0 atom stereocenters. The molecule has 0 unspecified atom stereocenters. The van der Waals surface area contributed by atoms with Gasteiger partial charge in [-0.05, 0) is 19.1 Å². The molecule has 106 valence electrons. The van der Waals surface area contributed by atoms with E-state index >= 15 is 0 Å². The summed E-state index contributed by atoms with van der Waals surface area (Å²) in [5, 5.41) is 4.07. The van der Waals surface area contributed by atoms with Gasteiger partial charge in [-0.25, -0.2) is 9.97 Å². The lowest BCUT2D eigenvalue weighted by atomic mass is 10.2. The zero-order valence-corrected chi connectivity index (χ0v) is 12.1. The fourth-order valence-corrected chi connectivity index (χ4v) is 2.42. The maximum Gasteiger partial charge on any atom is 0.269 e. The van der Waals surface area contributed by atoms with Gasteiger partial charge in [0.2, 0.25) is 0 Å². The molecule has 0 saturated carbocycles. The molecule has 0 fully saturated rings. The van der Waals surface area contributed by atoms with E-state index in [1.165, 1.54) is 0 Å². The Morgan fingerprint density at radius 2 is 2.14 bits per heavy atom. The van der Waals surface area contributed by atoms with Gasteiger partial charge in [-0.1, -0.05) is 29.8 Å². The van der Waals surface area contributed by atoms with Crippen molar-refractivity contribution in [3.63, 3.8) is 0 Å². The highest BCUT2D eigenvalue weighted by molar-refractivity contribution is 6.38. The number of aryl methyl sites for hydroxylation is 1. The molecule has 2 N–H and O–H groups in total. The van der Waals surface area contributed by atoms with Gasteiger partial charge in [0.25, 0.3) is 5.91 Å². The number of rotatable bonds is 3. The molecule has 0 aliphatic rings. The minimum atomic E-state index is -0.257. The van der Waals surface area contributed by atoms with Crippen molar-refractivity contribution in [1.82, 2.24) is 20.3 Å². The van der Waals surface area contributed by atoms with Crippen molar-refractivity contribution in [2.75, 3.05) is 0 Å². The maximum absolute atomic E-state index is 12.2. The molecule has 21 heavy (non-hydrogen) atoms. The summed E-state index contributed by atoms with van der Waals surface area (Å²) < 4.78 is 0. The summed E-state index contributed by atoms with van der Waals surface area (Å²) in [6, 6.07) is 9.29. The summed E-state index contributed by atoms with van der Waals surface area (Å²) in [4.78, 5) is 23.5. The Balaban J connectivity index is 1.79. The molecule has 1 amide bonds. The van der Waals surface area contributed by atoms with E-state index in [9.17, 15) is 4.79 Å². The number of para-hydroxylation sites is 1. The van der Waals surface area contributed by atoms with E-state index in [2.05, 4.69) is 20.3 Å². The minimum absolute atomic E-state index is 0.257. The first-order valence-corrected chi connectivity index (χ1v) is 6.86. The third kappa shape index (κ3) is 2.73. The van der Waals surface area contributed by atoms with Crippen LogP contribution < -0.4 is 5.32 Å². The second kappa shape index (κ2) is 5.54. The molecular weight excluding hydrogens is 288 g/mol. The van der Waals surface area contributed by atoms with Crippen LogP contribution in [0.25, 0.3) is 10.9 Å². The van der Waals surface area contributed by atoms with Crippen molar-refractivity contribution in [3.8, 4) is 0 Å². The van der Waals surface area contributed by atoms with Crippen LogP contribution in [-0.4, -0.2) is 20.9 Å². The van der Waals surface area contributed by atoms with E-state index in [4.69, 9.17) is 11.6 Å². The molecule has 2 heterocycles. The highest BCUT2D eigenvalue weighted by atomic mass is 35.5. The number of amides is 1. The first-order valence-electron chi connectivity index (χ1n) is 6.48. The van der Waals surface area contributed by atoms with Gasteiger partial charge in [0.1, 0.15) is 11.5 Å². The minimum Gasteiger partial charge on any atom is -0.349 e. The molecule has 3 rings (SSSR count). The van der Waals surface area contributed by atoms with Crippen LogP contribution in [0.3, 0.4) is 0 Å². The first-order chi connectivity index (χ1) is 10.1.